The molecule has 2 aromatic carbocycles. The Morgan fingerprint density at radius 3 is 2.46 bits per heavy atom. The highest BCUT2D eigenvalue weighted by atomic mass is 16.5. The molecule has 1 saturated heterocycles. The number of anilines is 2. The number of hydrogen-bond donors (Lipinski definition) is 2. The normalized spacial score (nSPS) is 14.0. The van der Waals surface area contributed by atoms with Crippen molar-refractivity contribution in [2.24, 2.45) is 0 Å². The number of hydrogen-bond acceptors (Lipinski definition) is 3. The van der Waals surface area contributed by atoms with Gasteiger partial charge in [-0.25, -0.2) is 4.79 Å². The van der Waals surface area contributed by atoms with E-state index in [1.807, 2.05) is 48.5 Å². The van der Waals surface area contributed by atoms with E-state index in [1.165, 1.54) is 0 Å². The summed E-state index contributed by atoms with van der Waals surface area (Å²) in [5.41, 5.74) is 2.55. The molecular formula is C20H23N3O3. The van der Waals surface area contributed by atoms with E-state index >= 15 is 0 Å². The number of urea groups is 1. The Morgan fingerprint density at radius 2 is 1.81 bits per heavy atom. The monoisotopic (exact) mass is 353 g/mol. The van der Waals surface area contributed by atoms with Crippen molar-refractivity contribution < 1.29 is 14.3 Å². The number of nitrogens with zero attached hydrogens (tertiary/aromatic N) is 1. The van der Waals surface area contributed by atoms with E-state index in [2.05, 4.69) is 10.6 Å². The van der Waals surface area contributed by atoms with Crippen LogP contribution in [0.4, 0.5) is 16.2 Å². The van der Waals surface area contributed by atoms with E-state index in [0.29, 0.717) is 18.7 Å². The Morgan fingerprint density at radius 1 is 1.08 bits per heavy atom. The molecule has 0 aliphatic carbocycles. The van der Waals surface area contributed by atoms with Crippen molar-refractivity contribution in [2.45, 2.75) is 25.8 Å². The van der Waals surface area contributed by atoms with Gasteiger partial charge in [0.15, 0.2) is 0 Å². The first-order valence-electron chi connectivity index (χ1n) is 8.74. The molecule has 0 aromatic heterocycles. The molecule has 2 N–H and O–H groups in total. The summed E-state index contributed by atoms with van der Waals surface area (Å²) in [6.07, 6.45) is 2.59. The van der Waals surface area contributed by atoms with Crippen LogP contribution in [0.5, 0.6) is 5.75 Å². The molecule has 0 atom stereocenters. The lowest BCUT2D eigenvalue weighted by molar-refractivity contribution is -0.119. The van der Waals surface area contributed by atoms with Crippen LogP contribution in [0.1, 0.15) is 24.8 Å². The summed E-state index contributed by atoms with van der Waals surface area (Å²) in [6, 6.07) is 14.6. The average molecular weight is 353 g/mol. The average Bonchev–Trinajstić information content (AvgIpc) is 2.68. The fourth-order valence-electron chi connectivity index (χ4n) is 2.90. The van der Waals surface area contributed by atoms with Gasteiger partial charge in [0.25, 0.3) is 0 Å². The highest BCUT2D eigenvalue weighted by Crippen LogP contribution is 2.22. The Balaban J connectivity index is 1.51. The van der Waals surface area contributed by atoms with E-state index in [-0.39, 0.29) is 11.9 Å². The zero-order valence-electron chi connectivity index (χ0n) is 14.8. The van der Waals surface area contributed by atoms with Crippen molar-refractivity contribution in [3.8, 4) is 5.75 Å². The highest BCUT2D eigenvalue weighted by Gasteiger charge is 2.19. The molecule has 6 heteroatoms. The lowest BCUT2D eigenvalue weighted by Crippen LogP contribution is -2.35. The van der Waals surface area contributed by atoms with E-state index in [0.717, 1.165) is 36.4 Å². The number of methoxy groups -OCH3 is 1. The van der Waals surface area contributed by atoms with Crippen molar-refractivity contribution in [1.29, 1.82) is 0 Å². The molecule has 0 unspecified atom stereocenters. The van der Waals surface area contributed by atoms with Crippen molar-refractivity contribution in [3.05, 3.63) is 54.1 Å². The van der Waals surface area contributed by atoms with E-state index < -0.39 is 0 Å². The standard InChI is InChI=1S/C20H23N3O3/c1-26-18-11-5-15(6-12-18)14-21-20(25)22-16-7-9-17(10-8-16)23-13-3-2-4-19(23)24/h5-12H,2-4,13-14H2,1H3,(H2,21,22,25). The van der Waals surface area contributed by atoms with Gasteiger partial charge in [-0.2, -0.15) is 0 Å². The number of carbonyl (C=O) groups is 2. The predicted octanol–water partition coefficient (Wildman–Crippen LogP) is 3.53. The summed E-state index contributed by atoms with van der Waals surface area (Å²) in [5.74, 6) is 0.944. The first-order valence-corrected chi connectivity index (χ1v) is 8.74. The quantitative estimate of drug-likeness (QED) is 0.864. The lowest BCUT2D eigenvalue weighted by atomic mass is 10.1. The van der Waals surface area contributed by atoms with Crippen LogP contribution in [-0.4, -0.2) is 25.6 Å². The van der Waals surface area contributed by atoms with E-state index in [9.17, 15) is 9.59 Å². The number of benzene rings is 2. The Labute approximate surface area is 153 Å². The minimum absolute atomic E-state index is 0.161. The molecule has 3 rings (SSSR count). The maximum Gasteiger partial charge on any atom is 0.319 e. The summed E-state index contributed by atoms with van der Waals surface area (Å²) < 4.78 is 5.11. The molecule has 0 bridgehead atoms. The van der Waals surface area contributed by atoms with Crippen LogP contribution in [0.2, 0.25) is 0 Å². The Kier molecular flexibility index (Phi) is 5.73. The maximum absolute atomic E-state index is 12.0. The molecule has 3 amide bonds. The number of amides is 3. The maximum atomic E-state index is 12.0. The topological polar surface area (TPSA) is 70.7 Å². The molecule has 6 nitrogen and oxygen atoms in total. The molecule has 1 heterocycles. The van der Waals surface area contributed by atoms with Crippen molar-refractivity contribution in [3.63, 3.8) is 0 Å². The fourth-order valence-corrected chi connectivity index (χ4v) is 2.90. The number of nitrogens with one attached hydrogen (secondary N) is 2. The largest absolute Gasteiger partial charge is 0.497 e. The van der Waals surface area contributed by atoms with Gasteiger partial charge in [-0.05, 0) is 54.8 Å². The fraction of sp³-hybridized carbons (Fsp3) is 0.300. The highest BCUT2D eigenvalue weighted by molar-refractivity contribution is 5.94. The zero-order chi connectivity index (χ0) is 18.4. The molecule has 26 heavy (non-hydrogen) atoms. The molecule has 136 valence electrons. The van der Waals surface area contributed by atoms with Crippen LogP contribution < -0.4 is 20.3 Å². The molecule has 1 fully saturated rings. The number of piperidine rings is 1. The van der Waals surface area contributed by atoms with Gasteiger partial charge in [0.05, 0.1) is 7.11 Å². The smallest absolute Gasteiger partial charge is 0.319 e. The van der Waals surface area contributed by atoms with Crippen LogP contribution in [0, 0.1) is 0 Å². The van der Waals surface area contributed by atoms with Gasteiger partial charge < -0.3 is 20.3 Å². The molecule has 1 aliphatic rings. The van der Waals surface area contributed by atoms with Crippen LogP contribution in [0.3, 0.4) is 0 Å². The second kappa shape index (κ2) is 8.38. The molecule has 0 saturated carbocycles. The third-order valence-corrected chi connectivity index (χ3v) is 4.37. The molecule has 2 aromatic rings. The van der Waals surface area contributed by atoms with Gasteiger partial charge in [-0.3, -0.25) is 4.79 Å². The second-order valence-corrected chi connectivity index (χ2v) is 6.21. The van der Waals surface area contributed by atoms with E-state index in [4.69, 9.17) is 4.74 Å². The van der Waals surface area contributed by atoms with Crippen LogP contribution in [-0.2, 0) is 11.3 Å². The minimum atomic E-state index is -0.275. The van der Waals surface area contributed by atoms with E-state index in [1.54, 1.807) is 12.0 Å². The number of carbonyl (C=O) groups excluding carboxylic acids is 2. The van der Waals surface area contributed by atoms with Gasteiger partial charge in [0, 0.05) is 30.9 Å². The number of rotatable bonds is 5. The first-order chi connectivity index (χ1) is 12.7. The zero-order valence-corrected chi connectivity index (χ0v) is 14.8. The molecule has 0 radical (unpaired) electrons. The predicted molar refractivity (Wildman–Crippen MR) is 101 cm³/mol. The summed E-state index contributed by atoms with van der Waals surface area (Å²) in [5, 5.41) is 5.61. The lowest BCUT2D eigenvalue weighted by Gasteiger charge is -2.26. The molecule has 1 aliphatic heterocycles. The Hall–Kier alpha value is -3.02. The van der Waals surface area contributed by atoms with Crippen LogP contribution in [0.25, 0.3) is 0 Å². The third-order valence-electron chi connectivity index (χ3n) is 4.37. The summed E-state index contributed by atoms with van der Waals surface area (Å²) in [4.78, 5) is 25.8. The summed E-state index contributed by atoms with van der Waals surface area (Å²) in [7, 11) is 1.62. The molecule has 0 spiro atoms. The third kappa shape index (κ3) is 4.53. The van der Waals surface area contributed by atoms with Crippen LogP contribution in [0.15, 0.2) is 48.5 Å². The first kappa shape index (κ1) is 17.8. The van der Waals surface area contributed by atoms with Crippen molar-refractivity contribution in [1.82, 2.24) is 5.32 Å². The van der Waals surface area contributed by atoms with Crippen molar-refractivity contribution in [2.75, 3.05) is 23.9 Å². The number of ether oxygens (including phenoxy) is 1. The van der Waals surface area contributed by atoms with Gasteiger partial charge in [-0.1, -0.05) is 12.1 Å². The van der Waals surface area contributed by atoms with Crippen molar-refractivity contribution >= 4 is 23.3 Å². The summed E-state index contributed by atoms with van der Waals surface area (Å²) >= 11 is 0. The Bertz CT molecular complexity index is 757. The SMILES string of the molecule is COc1ccc(CNC(=O)Nc2ccc(N3CCCCC3=O)cc2)cc1. The van der Waals surface area contributed by atoms with Gasteiger partial charge in [-0.15, -0.1) is 0 Å². The van der Waals surface area contributed by atoms with Crippen LogP contribution >= 0.6 is 0 Å². The molecular weight excluding hydrogens is 330 g/mol. The van der Waals surface area contributed by atoms with Gasteiger partial charge >= 0.3 is 6.03 Å². The summed E-state index contributed by atoms with van der Waals surface area (Å²) in [6.45, 7) is 1.18. The second-order valence-electron chi connectivity index (χ2n) is 6.21. The van der Waals surface area contributed by atoms with Gasteiger partial charge in [0.1, 0.15) is 5.75 Å². The minimum Gasteiger partial charge on any atom is -0.497 e. The van der Waals surface area contributed by atoms with Gasteiger partial charge in [0.2, 0.25) is 5.91 Å².